The van der Waals surface area contributed by atoms with Crippen molar-refractivity contribution in [2.75, 3.05) is 0 Å². The minimum absolute atomic E-state index is 0.00191. The number of carbonyl (C=O) groups excluding carboxylic acids is 1. The summed E-state index contributed by atoms with van der Waals surface area (Å²) in [4.78, 5) is 52.7. The average Bonchev–Trinajstić information content (AvgIpc) is 3.08. The van der Waals surface area contributed by atoms with Crippen molar-refractivity contribution >= 4 is 45.2 Å². The van der Waals surface area contributed by atoms with Gasteiger partial charge in [-0.25, -0.2) is 0 Å². The third-order valence-electron chi connectivity index (χ3n) is 10.8. The Balaban J connectivity index is 1.71. The number of rotatable bonds is 5. The van der Waals surface area contributed by atoms with Gasteiger partial charge in [-0.15, -0.1) is 0 Å². The topological polar surface area (TPSA) is 77.8 Å². The van der Waals surface area contributed by atoms with Crippen molar-refractivity contribution < 1.29 is 19.5 Å². The number of benzene rings is 6. The summed E-state index contributed by atoms with van der Waals surface area (Å²) in [5, 5.41) is 3.90. The molecule has 6 aromatic carbocycles. The van der Waals surface area contributed by atoms with Crippen molar-refractivity contribution in [1.29, 1.82) is 0 Å². The molecule has 3 N–H and O–H groups in total. The molecule has 6 aromatic rings. The summed E-state index contributed by atoms with van der Waals surface area (Å²) in [6.45, 7) is 25.6. The molecular weight excluding hydrogens is 684 g/mol. The van der Waals surface area contributed by atoms with Gasteiger partial charge in [0.05, 0.1) is 0 Å². The molecule has 0 saturated heterocycles. The van der Waals surface area contributed by atoms with Crippen LogP contribution in [0.4, 0.5) is 0 Å². The molecule has 0 fully saturated rings. The van der Waals surface area contributed by atoms with Crippen molar-refractivity contribution in [2.24, 2.45) is 0 Å². The third-order valence-corrected chi connectivity index (χ3v) is 13.3. The molecule has 0 bridgehead atoms. The number of ketones is 1. The SMILES string of the molecule is CC(C)(C)c1ccc2cc(-c3cc(C(=O)c4ccccc4)ccc3P(O)(O)(O)c3cc4ccc(C(C)(C)C)cc4cc3C(C)(C)C)c(C(C)(C)C)cc2c1. The molecule has 0 aromatic heterocycles. The maximum absolute atomic E-state index is 14.0. The van der Waals surface area contributed by atoms with E-state index in [0.717, 1.165) is 32.7 Å². The van der Waals surface area contributed by atoms with Crippen LogP contribution in [-0.2, 0) is 21.7 Å². The van der Waals surface area contributed by atoms with Crippen LogP contribution in [0.15, 0.2) is 109 Å². The summed E-state index contributed by atoms with van der Waals surface area (Å²) in [5.41, 5.74) is 4.96. The molecule has 0 aliphatic rings. The van der Waals surface area contributed by atoms with E-state index in [1.54, 1.807) is 36.4 Å². The first kappa shape index (κ1) is 39.5. The van der Waals surface area contributed by atoms with Crippen molar-refractivity contribution in [3.05, 3.63) is 143 Å². The molecule has 0 aliphatic heterocycles. The third kappa shape index (κ3) is 7.42. The average molecular weight is 741 g/mol. The number of hydrogen-bond donors (Lipinski definition) is 3. The van der Waals surface area contributed by atoms with E-state index in [9.17, 15) is 19.5 Å². The standard InChI is InChI=1S/C49H57O4P/c1-46(2,3)37-21-18-32-26-39(41(48(7,8)9)28-35(32)24-37)40-27-34(45(50)31-16-14-13-15-17-31)20-23-43(40)54(51,52,53)44-30-33-19-22-38(47(4,5)6)25-36(33)29-42(44)49(10,11)12/h13-30,51-53H,1-12H3. The summed E-state index contributed by atoms with van der Waals surface area (Å²) >= 11 is 0. The van der Waals surface area contributed by atoms with Crippen LogP contribution in [-0.4, -0.2) is 20.5 Å². The Bertz CT molecular complexity index is 2420. The Morgan fingerprint density at radius 1 is 0.426 bits per heavy atom. The summed E-state index contributed by atoms with van der Waals surface area (Å²) in [7, 11) is -5.96. The minimum atomic E-state index is -5.96. The zero-order chi connectivity index (χ0) is 39.8. The van der Waals surface area contributed by atoms with Crippen molar-refractivity contribution in [1.82, 2.24) is 0 Å². The number of hydrogen-bond acceptors (Lipinski definition) is 4. The first-order valence-corrected chi connectivity index (χ1v) is 21.0. The first-order valence-electron chi connectivity index (χ1n) is 18.9. The van der Waals surface area contributed by atoms with Crippen LogP contribution >= 0.6 is 7.28 Å². The Labute approximate surface area is 322 Å². The quantitative estimate of drug-likeness (QED) is 0.121. The molecule has 0 atom stereocenters. The van der Waals surface area contributed by atoms with Gasteiger partial charge in [0, 0.05) is 0 Å². The molecule has 4 nitrogen and oxygen atoms in total. The Morgan fingerprint density at radius 3 is 1.43 bits per heavy atom. The van der Waals surface area contributed by atoms with Gasteiger partial charge in [-0.2, -0.15) is 0 Å². The molecular formula is C49H57O4P. The van der Waals surface area contributed by atoms with E-state index in [1.807, 2.05) is 51.1 Å². The van der Waals surface area contributed by atoms with Crippen LogP contribution < -0.4 is 10.6 Å². The van der Waals surface area contributed by atoms with Crippen molar-refractivity contribution in [2.45, 2.75) is 105 Å². The van der Waals surface area contributed by atoms with Crippen LogP contribution in [0, 0.1) is 0 Å². The fourth-order valence-corrected chi connectivity index (χ4v) is 9.90. The van der Waals surface area contributed by atoms with Gasteiger partial charge in [0.15, 0.2) is 0 Å². The van der Waals surface area contributed by atoms with Gasteiger partial charge in [0.2, 0.25) is 0 Å². The molecule has 6 rings (SSSR count). The van der Waals surface area contributed by atoms with Gasteiger partial charge >= 0.3 is 323 Å². The van der Waals surface area contributed by atoms with Crippen LogP contribution in [0.25, 0.3) is 32.7 Å². The maximum atomic E-state index is 14.0. The Morgan fingerprint density at radius 2 is 0.926 bits per heavy atom. The predicted molar refractivity (Wildman–Crippen MR) is 231 cm³/mol. The zero-order valence-corrected chi connectivity index (χ0v) is 35.0. The van der Waals surface area contributed by atoms with Crippen LogP contribution in [0.3, 0.4) is 0 Å². The van der Waals surface area contributed by atoms with Crippen LogP contribution in [0.5, 0.6) is 0 Å². The van der Waals surface area contributed by atoms with Crippen LogP contribution in [0.2, 0.25) is 0 Å². The van der Waals surface area contributed by atoms with E-state index in [2.05, 4.69) is 105 Å². The van der Waals surface area contributed by atoms with Gasteiger partial charge in [-0.05, 0) is 0 Å². The summed E-state index contributed by atoms with van der Waals surface area (Å²) in [6, 6.07) is 34.7. The van der Waals surface area contributed by atoms with E-state index >= 15 is 0 Å². The second kappa shape index (κ2) is 13.0. The number of carbonyl (C=O) groups is 1. The second-order valence-corrected chi connectivity index (χ2v) is 22.2. The monoisotopic (exact) mass is 740 g/mol. The van der Waals surface area contributed by atoms with E-state index in [-0.39, 0.29) is 32.6 Å². The molecule has 282 valence electrons. The zero-order valence-electron chi connectivity index (χ0n) is 34.1. The Kier molecular flexibility index (Phi) is 9.48. The molecule has 0 aliphatic carbocycles. The molecule has 5 heteroatoms. The fraction of sp³-hybridized carbons (Fsp3) is 0.327. The summed E-state index contributed by atoms with van der Waals surface area (Å²) < 4.78 is 0. The van der Waals surface area contributed by atoms with Gasteiger partial charge in [0.1, 0.15) is 0 Å². The predicted octanol–water partition coefficient (Wildman–Crippen LogP) is 11.3. The van der Waals surface area contributed by atoms with E-state index in [0.29, 0.717) is 22.3 Å². The molecule has 0 unspecified atom stereocenters. The van der Waals surface area contributed by atoms with E-state index in [4.69, 9.17) is 0 Å². The van der Waals surface area contributed by atoms with Crippen molar-refractivity contribution in [3.8, 4) is 11.1 Å². The normalized spacial score (nSPS) is 13.9. The number of fused-ring (bicyclic) bond motifs is 2. The van der Waals surface area contributed by atoms with Gasteiger partial charge in [0.25, 0.3) is 0 Å². The molecule has 0 amide bonds. The van der Waals surface area contributed by atoms with Gasteiger partial charge < -0.3 is 0 Å². The van der Waals surface area contributed by atoms with Gasteiger partial charge in [-0.1, -0.05) is 0 Å². The molecule has 0 saturated carbocycles. The van der Waals surface area contributed by atoms with E-state index in [1.165, 1.54) is 11.1 Å². The first-order chi connectivity index (χ1) is 24.7. The fourth-order valence-electron chi connectivity index (χ4n) is 7.44. The Hall–Kier alpha value is -4.18. The molecule has 0 spiro atoms. The second-order valence-electron chi connectivity index (χ2n) is 19.3. The summed E-state index contributed by atoms with van der Waals surface area (Å²) in [6.07, 6.45) is 0. The molecule has 0 radical (unpaired) electrons. The summed E-state index contributed by atoms with van der Waals surface area (Å²) in [5.74, 6) is -0.193. The van der Waals surface area contributed by atoms with Gasteiger partial charge in [-0.3, -0.25) is 0 Å². The molecule has 54 heavy (non-hydrogen) atoms. The molecule has 0 heterocycles. The van der Waals surface area contributed by atoms with E-state index < -0.39 is 12.7 Å². The van der Waals surface area contributed by atoms with Crippen LogP contribution in [0.1, 0.15) is 121 Å². The van der Waals surface area contributed by atoms with Crippen molar-refractivity contribution in [3.63, 3.8) is 0 Å².